The van der Waals surface area contributed by atoms with Gasteiger partial charge < -0.3 is 24.6 Å². The first-order chi connectivity index (χ1) is 15.3. The molecule has 168 valence electrons. The molecule has 0 atom stereocenters. The number of carboxylic acid groups (broad SMARTS) is 1. The van der Waals surface area contributed by atoms with Gasteiger partial charge in [-0.25, -0.2) is 4.79 Å². The second-order valence-corrected chi connectivity index (χ2v) is 8.39. The normalized spacial score (nSPS) is 10.5. The van der Waals surface area contributed by atoms with Gasteiger partial charge in [-0.3, -0.25) is 0 Å². The third-order valence-electron chi connectivity index (χ3n) is 4.65. The van der Waals surface area contributed by atoms with Gasteiger partial charge in [0.25, 0.3) is 0 Å². The Morgan fingerprint density at radius 2 is 1.72 bits per heavy atom. The van der Waals surface area contributed by atoms with Gasteiger partial charge in [0.2, 0.25) is 0 Å². The van der Waals surface area contributed by atoms with E-state index in [-0.39, 0.29) is 12.2 Å². The summed E-state index contributed by atoms with van der Waals surface area (Å²) in [5.41, 5.74) is 2.40. The van der Waals surface area contributed by atoms with Crippen LogP contribution >= 0.6 is 39.1 Å². The summed E-state index contributed by atoms with van der Waals surface area (Å²) in [6.07, 6.45) is 0. The molecule has 3 aromatic rings. The number of benzene rings is 3. The highest BCUT2D eigenvalue weighted by Gasteiger charge is 2.14. The molecular formula is C23H20BrCl2NO5. The first-order valence-electron chi connectivity index (χ1n) is 9.40. The Balaban J connectivity index is 1.78. The quantitative estimate of drug-likeness (QED) is 0.316. The van der Waals surface area contributed by atoms with Crippen LogP contribution in [0.4, 0.5) is 5.69 Å². The van der Waals surface area contributed by atoms with Crippen LogP contribution in [0.25, 0.3) is 0 Å². The van der Waals surface area contributed by atoms with Crippen LogP contribution in [0.3, 0.4) is 0 Å². The Hall–Kier alpha value is -2.61. The van der Waals surface area contributed by atoms with Gasteiger partial charge in [0.15, 0.2) is 11.5 Å². The van der Waals surface area contributed by atoms with E-state index in [0.717, 1.165) is 15.6 Å². The monoisotopic (exact) mass is 539 g/mol. The number of aromatic carboxylic acids is 1. The molecule has 0 radical (unpaired) electrons. The third kappa shape index (κ3) is 5.79. The maximum atomic E-state index is 11.3. The second kappa shape index (κ2) is 10.8. The van der Waals surface area contributed by atoms with Gasteiger partial charge in [0.05, 0.1) is 25.5 Å². The minimum absolute atomic E-state index is 0.162. The van der Waals surface area contributed by atoms with E-state index < -0.39 is 5.97 Å². The summed E-state index contributed by atoms with van der Waals surface area (Å²) >= 11 is 15.7. The van der Waals surface area contributed by atoms with Crippen molar-refractivity contribution in [1.82, 2.24) is 0 Å². The van der Waals surface area contributed by atoms with E-state index in [2.05, 4.69) is 21.2 Å². The fourth-order valence-corrected chi connectivity index (χ4v) is 3.87. The summed E-state index contributed by atoms with van der Waals surface area (Å²) in [5.74, 6) is 0.611. The van der Waals surface area contributed by atoms with Crippen molar-refractivity contribution in [1.29, 1.82) is 0 Å². The van der Waals surface area contributed by atoms with Gasteiger partial charge in [-0.05, 0) is 48.0 Å². The molecule has 6 nitrogen and oxygen atoms in total. The molecule has 0 saturated heterocycles. The molecule has 3 rings (SSSR count). The van der Waals surface area contributed by atoms with Gasteiger partial charge in [-0.15, -0.1) is 0 Å². The van der Waals surface area contributed by atoms with E-state index in [4.69, 9.17) is 37.4 Å². The van der Waals surface area contributed by atoms with Crippen molar-refractivity contribution in [2.45, 2.75) is 13.2 Å². The maximum absolute atomic E-state index is 11.3. The molecule has 9 heteroatoms. The molecule has 32 heavy (non-hydrogen) atoms. The number of carboxylic acids is 1. The average Bonchev–Trinajstić information content (AvgIpc) is 2.77. The zero-order valence-corrected chi connectivity index (χ0v) is 20.3. The highest BCUT2D eigenvalue weighted by molar-refractivity contribution is 9.10. The van der Waals surface area contributed by atoms with E-state index in [1.165, 1.54) is 19.2 Å². The summed E-state index contributed by atoms with van der Waals surface area (Å²) in [7, 11) is 3.08. The Morgan fingerprint density at radius 3 is 2.38 bits per heavy atom. The van der Waals surface area contributed by atoms with Crippen LogP contribution in [0, 0.1) is 0 Å². The first-order valence-corrected chi connectivity index (χ1v) is 11.0. The number of methoxy groups -OCH3 is 2. The van der Waals surface area contributed by atoms with Crippen LogP contribution in [0.5, 0.6) is 17.2 Å². The van der Waals surface area contributed by atoms with Crippen molar-refractivity contribution in [3.05, 3.63) is 79.7 Å². The lowest BCUT2D eigenvalue weighted by Gasteiger charge is -2.16. The number of rotatable bonds is 9. The summed E-state index contributed by atoms with van der Waals surface area (Å²) in [6, 6.07) is 13.5. The lowest BCUT2D eigenvalue weighted by molar-refractivity contribution is 0.0697. The Kier molecular flexibility index (Phi) is 8.12. The summed E-state index contributed by atoms with van der Waals surface area (Å²) in [5, 5.41) is 13.5. The average molecular weight is 541 g/mol. The molecule has 0 bridgehead atoms. The lowest BCUT2D eigenvalue weighted by atomic mass is 10.1. The van der Waals surface area contributed by atoms with Gasteiger partial charge in [-0.2, -0.15) is 0 Å². The highest BCUT2D eigenvalue weighted by atomic mass is 79.9. The summed E-state index contributed by atoms with van der Waals surface area (Å²) in [4.78, 5) is 11.3. The molecule has 0 fully saturated rings. The largest absolute Gasteiger partial charge is 0.495 e. The van der Waals surface area contributed by atoms with Crippen LogP contribution in [-0.2, 0) is 13.2 Å². The van der Waals surface area contributed by atoms with Crippen LogP contribution in [0.1, 0.15) is 21.5 Å². The topological polar surface area (TPSA) is 77.0 Å². The van der Waals surface area contributed by atoms with E-state index in [9.17, 15) is 9.90 Å². The smallest absolute Gasteiger partial charge is 0.335 e. The molecule has 0 aromatic heterocycles. The van der Waals surface area contributed by atoms with Crippen LogP contribution < -0.4 is 19.5 Å². The first kappa shape index (κ1) is 24.0. The fraction of sp³-hybridized carbons (Fsp3) is 0.174. The lowest BCUT2D eigenvalue weighted by Crippen LogP contribution is -2.05. The van der Waals surface area contributed by atoms with E-state index in [1.54, 1.807) is 25.3 Å². The van der Waals surface area contributed by atoms with Gasteiger partial charge in [-0.1, -0.05) is 45.2 Å². The van der Waals surface area contributed by atoms with E-state index >= 15 is 0 Å². The Morgan fingerprint density at radius 1 is 0.969 bits per heavy atom. The van der Waals surface area contributed by atoms with Crippen LogP contribution in [-0.4, -0.2) is 25.3 Å². The number of hydrogen-bond donors (Lipinski definition) is 2. The molecule has 0 aliphatic rings. The van der Waals surface area contributed by atoms with Gasteiger partial charge >= 0.3 is 5.97 Å². The zero-order valence-electron chi connectivity index (χ0n) is 17.2. The van der Waals surface area contributed by atoms with E-state index in [1.807, 2.05) is 18.2 Å². The second-order valence-electron chi connectivity index (χ2n) is 6.69. The molecule has 0 unspecified atom stereocenters. The van der Waals surface area contributed by atoms with Crippen molar-refractivity contribution in [3.8, 4) is 17.2 Å². The zero-order chi connectivity index (χ0) is 23.3. The molecule has 0 heterocycles. The summed E-state index contributed by atoms with van der Waals surface area (Å²) in [6.45, 7) is 0.634. The number of ether oxygens (including phenoxy) is 3. The van der Waals surface area contributed by atoms with Crippen molar-refractivity contribution in [2.75, 3.05) is 19.5 Å². The maximum Gasteiger partial charge on any atom is 0.335 e. The number of carbonyl (C=O) groups is 1. The molecule has 3 aromatic carbocycles. The number of hydrogen-bond acceptors (Lipinski definition) is 5. The molecule has 0 aliphatic carbocycles. The molecule has 0 spiro atoms. The molecule has 0 saturated carbocycles. The van der Waals surface area contributed by atoms with E-state index in [0.29, 0.717) is 39.5 Å². The minimum atomic E-state index is -1.01. The third-order valence-corrected chi connectivity index (χ3v) is 5.97. The minimum Gasteiger partial charge on any atom is -0.495 e. The molecule has 0 amide bonds. The van der Waals surface area contributed by atoms with Crippen molar-refractivity contribution < 1.29 is 24.1 Å². The predicted molar refractivity (Wildman–Crippen MR) is 129 cm³/mol. The van der Waals surface area contributed by atoms with Crippen molar-refractivity contribution in [2.24, 2.45) is 0 Å². The molecule has 2 N–H and O–H groups in total. The highest BCUT2D eigenvalue weighted by Crippen LogP contribution is 2.35. The molecule has 0 aliphatic heterocycles. The van der Waals surface area contributed by atoms with Crippen LogP contribution in [0.15, 0.2) is 53.0 Å². The van der Waals surface area contributed by atoms with Gasteiger partial charge in [0.1, 0.15) is 12.4 Å². The van der Waals surface area contributed by atoms with Crippen molar-refractivity contribution in [3.63, 3.8) is 0 Å². The number of nitrogens with one attached hydrogen (secondary N) is 1. The van der Waals surface area contributed by atoms with Crippen molar-refractivity contribution >= 4 is 50.8 Å². The summed E-state index contributed by atoms with van der Waals surface area (Å²) < 4.78 is 17.5. The SMILES string of the molecule is COc1ccc(C(=O)O)cc1NCc1cc(OC)c(OCc2ccc(Cl)cc2Cl)cc1Br. The molecular weight excluding hydrogens is 521 g/mol. The van der Waals surface area contributed by atoms with Crippen LogP contribution in [0.2, 0.25) is 10.0 Å². The predicted octanol–water partition coefficient (Wildman–Crippen LogP) is 6.66. The number of anilines is 1. The number of halogens is 3. The fourth-order valence-electron chi connectivity index (χ4n) is 2.95. The Bertz CT molecular complexity index is 1140. The van der Waals surface area contributed by atoms with Gasteiger partial charge in [0, 0.05) is 26.6 Å². The standard InChI is InChI=1S/C23H20BrCl2NO5/c1-30-20-6-4-13(23(28)29)7-19(20)27-11-15-8-21(31-2)22(10-17(15)24)32-12-14-3-5-16(25)9-18(14)26/h3-10,27H,11-12H2,1-2H3,(H,28,29). The Labute approximate surface area is 204 Å².